The normalized spacial score (nSPS) is 15.3. The summed E-state index contributed by atoms with van der Waals surface area (Å²) in [4.78, 5) is 16.8. The maximum absolute atomic E-state index is 12.9. The zero-order valence-electron chi connectivity index (χ0n) is 17.1. The molecule has 7 heteroatoms. The number of hydrogen-bond acceptors (Lipinski definition) is 5. The van der Waals surface area contributed by atoms with Crippen LogP contribution in [-0.2, 0) is 0 Å². The van der Waals surface area contributed by atoms with Crippen molar-refractivity contribution in [2.45, 2.75) is 6.04 Å². The van der Waals surface area contributed by atoms with Crippen LogP contribution in [0.15, 0.2) is 65.1 Å². The lowest BCUT2D eigenvalue weighted by Crippen LogP contribution is -2.49. The van der Waals surface area contributed by atoms with E-state index in [2.05, 4.69) is 11.0 Å². The van der Waals surface area contributed by atoms with Gasteiger partial charge in [0, 0.05) is 31.7 Å². The number of carbonyl (C=O) groups is 1. The van der Waals surface area contributed by atoms with Crippen LogP contribution >= 0.6 is 11.6 Å². The fourth-order valence-electron chi connectivity index (χ4n) is 3.75. The molecule has 1 unspecified atom stereocenters. The number of amides is 1. The average molecular weight is 436 g/mol. The van der Waals surface area contributed by atoms with Crippen LogP contribution in [0.4, 0.5) is 0 Å². The SMILES string of the molecule is COc1ccc(C(C#N)N2CCN(C(=O)c3ccc(-c4ccccc4Cl)o3)CC2)cc1. The van der Waals surface area contributed by atoms with Gasteiger partial charge in [-0.15, -0.1) is 0 Å². The molecule has 158 valence electrons. The predicted molar refractivity (Wildman–Crippen MR) is 118 cm³/mol. The standard InChI is InChI=1S/C24H22ClN3O3/c1-30-18-8-6-17(7-9-18)21(16-26)27-12-14-28(15-13-27)24(29)23-11-10-22(31-23)19-4-2-3-5-20(19)25/h2-11,21H,12-15H2,1H3. The molecule has 1 fully saturated rings. The van der Waals surface area contributed by atoms with E-state index in [0.717, 1.165) is 16.9 Å². The molecule has 1 aliphatic rings. The summed E-state index contributed by atoms with van der Waals surface area (Å²) in [7, 11) is 1.61. The van der Waals surface area contributed by atoms with E-state index in [1.54, 1.807) is 30.2 Å². The van der Waals surface area contributed by atoms with Crippen molar-refractivity contribution >= 4 is 17.5 Å². The van der Waals surface area contributed by atoms with Gasteiger partial charge in [-0.25, -0.2) is 0 Å². The molecule has 2 heterocycles. The number of hydrogen-bond donors (Lipinski definition) is 0. The fraction of sp³-hybridized carbons (Fsp3) is 0.250. The summed E-state index contributed by atoms with van der Waals surface area (Å²) in [5, 5.41) is 10.3. The Labute approximate surface area is 186 Å². The van der Waals surface area contributed by atoms with Gasteiger partial charge in [-0.1, -0.05) is 35.9 Å². The minimum absolute atomic E-state index is 0.157. The third kappa shape index (κ3) is 4.43. The van der Waals surface area contributed by atoms with Crippen molar-refractivity contribution in [3.63, 3.8) is 0 Å². The lowest BCUT2D eigenvalue weighted by atomic mass is 10.1. The van der Waals surface area contributed by atoms with Gasteiger partial charge in [0.25, 0.3) is 5.91 Å². The first kappa shape index (κ1) is 21.0. The molecule has 1 aromatic heterocycles. The Morgan fingerprint density at radius 3 is 2.42 bits per heavy atom. The van der Waals surface area contributed by atoms with Gasteiger partial charge in [0.15, 0.2) is 5.76 Å². The Morgan fingerprint density at radius 2 is 1.77 bits per heavy atom. The first-order valence-electron chi connectivity index (χ1n) is 10.0. The van der Waals surface area contributed by atoms with Crippen molar-refractivity contribution in [2.75, 3.05) is 33.3 Å². The largest absolute Gasteiger partial charge is 0.497 e. The summed E-state index contributed by atoms with van der Waals surface area (Å²) in [5.41, 5.74) is 1.67. The van der Waals surface area contributed by atoms with Crippen LogP contribution in [0, 0.1) is 11.3 Å². The summed E-state index contributed by atoms with van der Waals surface area (Å²) in [5.74, 6) is 1.45. The zero-order valence-corrected chi connectivity index (χ0v) is 17.9. The highest BCUT2D eigenvalue weighted by Gasteiger charge is 2.29. The van der Waals surface area contributed by atoms with Crippen LogP contribution in [-0.4, -0.2) is 49.0 Å². The van der Waals surface area contributed by atoms with Gasteiger partial charge >= 0.3 is 0 Å². The van der Waals surface area contributed by atoms with E-state index in [4.69, 9.17) is 20.8 Å². The minimum Gasteiger partial charge on any atom is -0.497 e. The van der Waals surface area contributed by atoms with E-state index in [0.29, 0.717) is 37.0 Å². The third-order valence-corrected chi connectivity index (χ3v) is 5.81. The summed E-state index contributed by atoms with van der Waals surface area (Å²) in [6.45, 7) is 2.26. The molecule has 1 saturated heterocycles. The summed E-state index contributed by atoms with van der Waals surface area (Å²) >= 11 is 6.23. The van der Waals surface area contributed by atoms with Crippen LogP contribution in [0.5, 0.6) is 5.75 Å². The highest BCUT2D eigenvalue weighted by atomic mass is 35.5. The van der Waals surface area contributed by atoms with Gasteiger partial charge in [-0.05, 0) is 42.0 Å². The number of carbonyl (C=O) groups excluding carboxylic acids is 1. The second-order valence-electron chi connectivity index (χ2n) is 7.28. The Bertz CT molecular complexity index is 1100. The number of rotatable bonds is 5. The number of piperazine rings is 1. The Balaban J connectivity index is 1.41. The molecule has 0 aliphatic carbocycles. The van der Waals surface area contributed by atoms with Gasteiger partial charge < -0.3 is 14.1 Å². The molecule has 0 radical (unpaired) electrons. The summed E-state index contributed by atoms with van der Waals surface area (Å²) < 4.78 is 11.0. The quantitative estimate of drug-likeness (QED) is 0.584. The van der Waals surface area contributed by atoms with Crippen molar-refractivity contribution in [1.29, 1.82) is 5.26 Å². The monoisotopic (exact) mass is 435 g/mol. The highest BCUT2D eigenvalue weighted by Crippen LogP contribution is 2.30. The Hall–Kier alpha value is -3.27. The van der Waals surface area contributed by atoms with Crippen molar-refractivity contribution in [1.82, 2.24) is 9.80 Å². The molecule has 4 rings (SSSR count). The number of furan rings is 1. The molecule has 31 heavy (non-hydrogen) atoms. The van der Waals surface area contributed by atoms with E-state index in [1.165, 1.54) is 0 Å². The molecule has 1 atom stereocenters. The Morgan fingerprint density at radius 1 is 1.06 bits per heavy atom. The van der Waals surface area contributed by atoms with Crippen LogP contribution in [0.25, 0.3) is 11.3 Å². The molecule has 0 bridgehead atoms. The first-order chi connectivity index (χ1) is 15.1. The number of halogens is 1. The second-order valence-corrected chi connectivity index (χ2v) is 7.68. The molecule has 0 spiro atoms. The topological polar surface area (TPSA) is 69.7 Å². The molecule has 3 aromatic rings. The van der Waals surface area contributed by atoms with E-state index >= 15 is 0 Å². The molecular formula is C24H22ClN3O3. The van der Waals surface area contributed by atoms with E-state index < -0.39 is 0 Å². The molecule has 6 nitrogen and oxygen atoms in total. The van der Waals surface area contributed by atoms with Gasteiger partial charge in [-0.2, -0.15) is 5.26 Å². The highest BCUT2D eigenvalue weighted by molar-refractivity contribution is 6.33. The van der Waals surface area contributed by atoms with Crippen LogP contribution in [0.1, 0.15) is 22.2 Å². The van der Waals surface area contributed by atoms with Crippen molar-refractivity contribution in [2.24, 2.45) is 0 Å². The maximum atomic E-state index is 12.9. The second kappa shape index (κ2) is 9.25. The number of nitriles is 1. The van der Waals surface area contributed by atoms with Crippen LogP contribution in [0.2, 0.25) is 5.02 Å². The average Bonchev–Trinajstić information content (AvgIpc) is 3.30. The summed E-state index contributed by atoms with van der Waals surface area (Å²) in [6.07, 6.45) is 0. The van der Waals surface area contributed by atoms with E-state index in [9.17, 15) is 10.1 Å². The number of nitrogens with zero attached hydrogens (tertiary/aromatic N) is 3. The van der Waals surface area contributed by atoms with Crippen LogP contribution < -0.4 is 4.74 Å². The zero-order chi connectivity index (χ0) is 21.8. The molecule has 2 aromatic carbocycles. The summed E-state index contributed by atoms with van der Waals surface area (Å²) in [6, 6.07) is 20.3. The van der Waals surface area contributed by atoms with Gasteiger partial charge in [0.05, 0.1) is 18.2 Å². The Kier molecular flexibility index (Phi) is 6.26. The van der Waals surface area contributed by atoms with Crippen molar-refractivity contribution < 1.29 is 13.9 Å². The van der Waals surface area contributed by atoms with Crippen molar-refractivity contribution in [3.8, 4) is 23.1 Å². The van der Waals surface area contributed by atoms with E-state index in [-0.39, 0.29) is 17.7 Å². The smallest absolute Gasteiger partial charge is 0.289 e. The molecular weight excluding hydrogens is 414 g/mol. The molecule has 0 N–H and O–H groups in total. The lowest BCUT2D eigenvalue weighted by Gasteiger charge is -2.36. The minimum atomic E-state index is -0.362. The predicted octanol–water partition coefficient (Wildman–Crippen LogP) is 4.63. The maximum Gasteiger partial charge on any atom is 0.289 e. The first-order valence-corrected chi connectivity index (χ1v) is 10.4. The number of methoxy groups -OCH3 is 1. The van der Waals surface area contributed by atoms with E-state index in [1.807, 2.05) is 42.5 Å². The lowest BCUT2D eigenvalue weighted by molar-refractivity contribution is 0.0577. The molecule has 1 aliphatic heterocycles. The number of benzene rings is 2. The van der Waals surface area contributed by atoms with Crippen LogP contribution in [0.3, 0.4) is 0 Å². The van der Waals surface area contributed by atoms with Gasteiger partial charge in [0.1, 0.15) is 17.6 Å². The van der Waals surface area contributed by atoms with Gasteiger partial charge in [0.2, 0.25) is 0 Å². The van der Waals surface area contributed by atoms with Crippen molar-refractivity contribution in [3.05, 3.63) is 77.0 Å². The third-order valence-electron chi connectivity index (χ3n) is 5.48. The number of ether oxygens (including phenoxy) is 1. The van der Waals surface area contributed by atoms with Gasteiger partial charge in [-0.3, -0.25) is 9.69 Å². The molecule has 0 saturated carbocycles. The fourth-order valence-corrected chi connectivity index (χ4v) is 3.98. The molecule has 1 amide bonds.